The van der Waals surface area contributed by atoms with Crippen molar-refractivity contribution in [2.75, 3.05) is 26.4 Å². The van der Waals surface area contributed by atoms with Gasteiger partial charge in [0.2, 0.25) is 5.91 Å². The molecule has 3 aliphatic heterocycles. The van der Waals surface area contributed by atoms with Gasteiger partial charge in [-0.25, -0.2) is 0 Å². The lowest BCUT2D eigenvalue weighted by Gasteiger charge is -2.48. The van der Waals surface area contributed by atoms with Crippen LogP contribution >= 0.6 is 0 Å². The average Bonchev–Trinajstić information content (AvgIpc) is 2.81. The van der Waals surface area contributed by atoms with Crippen LogP contribution in [0.5, 0.6) is 0 Å². The largest absolute Gasteiger partial charge is 0.394 e. The zero-order valence-corrected chi connectivity index (χ0v) is 51.6. The minimum Gasteiger partial charge on any atom is -0.394 e. The molecular formula is C65H119NO18. The first-order chi connectivity index (χ1) is 40.8. The van der Waals surface area contributed by atoms with Crippen LogP contribution in [0.25, 0.3) is 0 Å². The zero-order valence-electron chi connectivity index (χ0n) is 51.6. The summed E-state index contributed by atoms with van der Waals surface area (Å²) in [4.78, 5) is 13.4. The highest BCUT2D eigenvalue weighted by Crippen LogP contribution is 2.33. The second-order valence-electron chi connectivity index (χ2n) is 23.9. The van der Waals surface area contributed by atoms with Crippen molar-refractivity contribution in [1.29, 1.82) is 0 Å². The third-order valence-electron chi connectivity index (χ3n) is 16.7. The molecule has 3 rings (SSSR count). The van der Waals surface area contributed by atoms with Crippen molar-refractivity contribution in [2.24, 2.45) is 0 Å². The minimum absolute atomic E-state index is 0.247. The number of rotatable bonds is 50. The minimum atomic E-state index is -1.97. The van der Waals surface area contributed by atoms with Crippen LogP contribution in [0.1, 0.15) is 239 Å². The number of ether oxygens (including phenoxy) is 6. The smallest absolute Gasteiger partial charge is 0.220 e. The van der Waals surface area contributed by atoms with E-state index >= 15 is 0 Å². The van der Waals surface area contributed by atoms with Gasteiger partial charge in [-0.05, 0) is 44.9 Å². The summed E-state index contributed by atoms with van der Waals surface area (Å²) in [5.41, 5.74) is 0. The molecule has 19 heteroatoms. The molecule has 3 fully saturated rings. The molecule has 0 aromatic heterocycles. The lowest BCUT2D eigenvalue weighted by molar-refractivity contribution is -0.379. The molecule has 17 atom stereocenters. The summed E-state index contributed by atoms with van der Waals surface area (Å²) in [7, 11) is 0. The SMILES string of the molecule is CC/C=C\C/C=C\C/C=C\CCCCCCCC(=O)NC(COC1OC(CO)C(OC2OC(CO)C(OC3OC(CO)C(O)C(O)C3O)C(O)C2O)C(O)C1O)C(O)CCCCCCCCCCCCCCCCCCCCCCCCCC. The molecule has 17 unspecified atom stereocenters. The number of nitrogens with one attached hydrogen (secondary N) is 1. The second-order valence-corrected chi connectivity index (χ2v) is 23.9. The van der Waals surface area contributed by atoms with Gasteiger partial charge in [-0.3, -0.25) is 4.79 Å². The monoisotopic (exact) mass is 1200 g/mol. The zero-order chi connectivity index (χ0) is 61.2. The van der Waals surface area contributed by atoms with Gasteiger partial charge in [-0.15, -0.1) is 0 Å². The Bertz CT molecular complexity index is 1670. The van der Waals surface area contributed by atoms with E-state index in [4.69, 9.17) is 28.4 Å². The molecule has 0 aromatic carbocycles. The summed E-state index contributed by atoms with van der Waals surface area (Å²) in [6, 6.07) is -0.896. The van der Waals surface area contributed by atoms with Crippen LogP contribution in [0.3, 0.4) is 0 Å². The molecule has 492 valence electrons. The Hall–Kier alpha value is -1.99. The molecule has 3 saturated heterocycles. The highest BCUT2D eigenvalue weighted by Gasteiger charge is 2.53. The fraction of sp³-hybridized carbons (Fsp3) is 0.892. The summed E-state index contributed by atoms with van der Waals surface area (Å²) in [5, 5.41) is 120. The van der Waals surface area contributed by atoms with Crippen LogP contribution in [0.15, 0.2) is 36.5 Å². The van der Waals surface area contributed by atoms with Gasteiger partial charge in [0.15, 0.2) is 18.9 Å². The Morgan fingerprint density at radius 1 is 0.440 bits per heavy atom. The Kier molecular flexibility index (Phi) is 43.5. The molecule has 12 N–H and O–H groups in total. The normalized spacial score (nSPS) is 29.4. The fourth-order valence-corrected chi connectivity index (χ4v) is 11.3. The van der Waals surface area contributed by atoms with E-state index < -0.39 is 124 Å². The number of unbranched alkanes of at least 4 members (excludes halogenated alkanes) is 28. The topological polar surface area (TPSA) is 307 Å². The van der Waals surface area contributed by atoms with Gasteiger partial charge in [0, 0.05) is 6.42 Å². The number of carbonyl (C=O) groups is 1. The number of allylic oxidation sites excluding steroid dienone is 6. The van der Waals surface area contributed by atoms with Crippen molar-refractivity contribution in [3.63, 3.8) is 0 Å². The number of hydrogen-bond acceptors (Lipinski definition) is 18. The Balaban J connectivity index is 1.44. The van der Waals surface area contributed by atoms with E-state index in [0.29, 0.717) is 12.8 Å². The van der Waals surface area contributed by atoms with E-state index in [9.17, 15) is 61.0 Å². The molecule has 0 bridgehead atoms. The standard InChI is InChI=1S/C65H119NO18/c1-3-5-7-9-11-13-15-17-19-20-21-22-23-24-25-26-27-29-30-32-34-36-38-40-42-49(70)48(66-53(71)43-41-39-37-35-33-31-28-18-16-14-12-10-8-6-4-2)47-79-63-59(77)56(74)61(51(45-68)81-63)84-65-60(78)57(75)62(52(46-69)82-65)83-64-58(76)55(73)54(72)50(44-67)80-64/h6,8,12,14,18,28,48-52,54-65,67-70,72-78H,3-5,7,9-11,13,15-17,19-27,29-47H2,1-2H3,(H,66,71)/b8-6-,14-12-,28-18-. The second kappa shape index (κ2) is 47.9. The molecule has 3 aliphatic rings. The van der Waals surface area contributed by atoms with Crippen LogP contribution in [-0.4, -0.2) is 193 Å². The maximum absolute atomic E-state index is 13.4. The van der Waals surface area contributed by atoms with Crippen molar-refractivity contribution in [3.05, 3.63) is 36.5 Å². The first kappa shape index (κ1) is 76.3. The molecule has 0 spiro atoms. The van der Waals surface area contributed by atoms with Crippen molar-refractivity contribution in [2.45, 2.75) is 343 Å². The summed E-state index contributed by atoms with van der Waals surface area (Å²) < 4.78 is 34.4. The van der Waals surface area contributed by atoms with Gasteiger partial charge in [0.25, 0.3) is 0 Å². The Morgan fingerprint density at radius 2 is 0.821 bits per heavy atom. The van der Waals surface area contributed by atoms with E-state index in [2.05, 4.69) is 55.6 Å². The van der Waals surface area contributed by atoms with E-state index in [0.717, 1.165) is 77.0 Å². The van der Waals surface area contributed by atoms with Gasteiger partial charge >= 0.3 is 0 Å². The fourth-order valence-electron chi connectivity index (χ4n) is 11.3. The molecular weight excluding hydrogens is 1080 g/mol. The Morgan fingerprint density at radius 3 is 1.29 bits per heavy atom. The van der Waals surface area contributed by atoms with Gasteiger partial charge in [-0.1, -0.05) is 224 Å². The van der Waals surface area contributed by atoms with E-state index in [1.54, 1.807) is 0 Å². The van der Waals surface area contributed by atoms with Crippen molar-refractivity contribution in [3.8, 4) is 0 Å². The first-order valence-corrected chi connectivity index (χ1v) is 33.2. The third kappa shape index (κ3) is 30.5. The van der Waals surface area contributed by atoms with Crippen LogP contribution in [0.4, 0.5) is 0 Å². The van der Waals surface area contributed by atoms with Crippen molar-refractivity contribution < 1.29 is 89.4 Å². The molecule has 1 amide bonds. The Labute approximate surface area is 504 Å². The van der Waals surface area contributed by atoms with Crippen LogP contribution in [0, 0.1) is 0 Å². The molecule has 0 radical (unpaired) electrons. The van der Waals surface area contributed by atoms with Crippen LogP contribution in [-0.2, 0) is 33.2 Å². The third-order valence-corrected chi connectivity index (χ3v) is 16.7. The molecule has 0 aliphatic carbocycles. The molecule has 3 heterocycles. The highest BCUT2D eigenvalue weighted by atomic mass is 16.8. The van der Waals surface area contributed by atoms with Gasteiger partial charge in [-0.2, -0.15) is 0 Å². The predicted molar refractivity (Wildman–Crippen MR) is 323 cm³/mol. The summed E-state index contributed by atoms with van der Waals surface area (Å²) >= 11 is 0. The lowest BCUT2D eigenvalue weighted by atomic mass is 9.96. The van der Waals surface area contributed by atoms with Crippen molar-refractivity contribution in [1.82, 2.24) is 5.32 Å². The molecule has 0 saturated carbocycles. The van der Waals surface area contributed by atoms with Gasteiger partial charge in [0.1, 0.15) is 73.2 Å². The molecule has 0 aromatic rings. The van der Waals surface area contributed by atoms with Gasteiger partial charge < -0.3 is 89.9 Å². The van der Waals surface area contributed by atoms with E-state index in [-0.39, 0.29) is 18.9 Å². The molecule has 19 nitrogen and oxygen atoms in total. The highest BCUT2D eigenvalue weighted by molar-refractivity contribution is 5.76. The summed E-state index contributed by atoms with van der Waals surface area (Å²) in [5.74, 6) is -0.259. The van der Waals surface area contributed by atoms with Crippen molar-refractivity contribution >= 4 is 5.91 Å². The van der Waals surface area contributed by atoms with E-state index in [1.165, 1.54) is 128 Å². The number of amides is 1. The number of aliphatic hydroxyl groups excluding tert-OH is 11. The summed E-state index contributed by atoms with van der Waals surface area (Å²) in [6.45, 7) is 1.68. The van der Waals surface area contributed by atoms with Gasteiger partial charge in [0.05, 0.1) is 38.6 Å². The number of aliphatic hydroxyl groups is 11. The first-order valence-electron chi connectivity index (χ1n) is 33.2. The lowest BCUT2D eigenvalue weighted by Crippen LogP contribution is -2.66. The molecule has 84 heavy (non-hydrogen) atoms. The average molecular weight is 1200 g/mol. The quantitative estimate of drug-likeness (QED) is 0.0205. The van der Waals surface area contributed by atoms with E-state index in [1.807, 2.05) is 0 Å². The summed E-state index contributed by atoms with van der Waals surface area (Å²) in [6.07, 6.45) is 26.6. The number of hydrogen-bond donors (Lipinski definition) is 12. The maximum atomic E-state index is 13.4. The number of carbonyl (C=O) groups excluding carboxylic acids is 1. The van der Waals surface area contributed by atoms with Crippen LogP contribution in [0.2, 0.25) is 0 Å². The maximum Gasteiger partial charge on any atom is 0.220 e. The predicted octanol–water partition coefficient (Wildman–Crippen LogP) is 7.66. The van der Waals surface area contributed by atoms with Crippen LogP contribution < -0.4 is 5.32 Å².